The molecule has 0 unspecified atom stereocenters. The first-order chi connectivity index (χ1) is 11.8. The maximum absolute atomic E-state index is 5.55. The van der Waals surface area contributed by atoms with Gasteiger partial charge in [-0.2, -0.15) is 0 Å². The van der Waals surface area contributed by atoms with E-state index in [4.69, 9.17) is 14.8 Å². The van der Waals surface area contributed by atoms with E-state index in [2.05, 4.69) is 33.9 Å². The molecule has 4 rings (SSSR count). The molecule has 0 bridgehead atoms. The lowest BCUT2D eigenvalue weighted by Crippen LogP contribution is -2.12. The first kappa shape index (κ1) is 15.5. The van der Waals surface area contributed by atoms with Crippen LogP contribution in [-0.2, 0) is 17.7 Å². The molecule has 0 radical (unpaired) electrons. The normalized spacial score (nSPS) is 17.5. The second-order valence-electron chi connectivity index (χ2n) is 6.06. The lowest BCUT2D eigenvalue weighted by molar-refractivity contribution is 0.192. The van der Waals surface area contributed by atoms with Gasteiger partial charge in [-0.15, -0.1) is 16.4 Å². The van der Waals surface area contributed by atoms with E-state index in [0.717, 1.165) is 55.0 Å². The minimum atomic E-state index is 0.335. The fraction of sp³-hybridized carbons (Fsp3) is 0.389. The van der Waals surface area contributed by atoms with Crippen LogP contribution in [0.4, 0.5) is 0 Å². The van der Waals surface area contributed by atoms with Crippen LogP contribution < -0.4 is 0 Å². The molecule has 124 valence electrons. The van der Waals surface area contributed by atoms with Crippen LogP contribution in [0.25, 0.3) is 11.5 Å². The summed E-state index contributed by atoms with van der Waals surface area (Å²) in [6.07, 6.45) is 1.96. The zero-order chi connectivity index (χ0) is 16.4. The van der Waals surface area contributed by atoms with Gasteiger partial charge in [0.1, 0.15) is 11.5 Å². The summed E-state index contributed by atoms with van der Waals surface area (Å²) < 4.78 is 7.61. The molecular formula is C18H20N4OS. The van der Waals surface area contributed by atoms with E-state index in [9.17, 15) is 0 Å². The SMILES string of the molecule is Cc1nc(-c2nc([C@@H]3CCOC3)n(CCc3ccccc3)n2)cs1. The van der Waals surface area contributed by atoms with E-state index < -0.39 is 0 Å². The molecule has 3 heterocycles. The van der Waals surface area contributed by atoms with E-state index in [-0.39, 0.29) is 0 Å². The van der Waals surface area contributed by atoms with Gasteiger partial charge < -0.3 is 4.74 Å². The van der Waals surface area contributed by atoms with Crippen LogP contribution in [0.1, 0.15) is 28.7 Å². The van der Waals surface area contributed by atoms with Crippen molar-refractivity contribution in [2.45, 2.75) is 32.2 Å². The Balaban J connectivity index is 1.61. The number of thiazole rings is 1. The van der Waals surface area contributed by atoms with Crippen molar-refractivity contribution in [3.63, 3.8) is 0 Å². The van der Waals surface area contributed by atoms with Crippen molar-refractivity contribution in [3.05, 3.63) is 52.1 Å². The third-order valence-corrected chi connectivity index (χ3v) is 5.07. The predicted octanol–water partition coefficient (Wildman–Crippen LogP) is 3.46. The Morgan fingerprint density at radius 3 is 2.83 bits per heavy atom. The van der Waals surface area contributed by atoms with E-state index in [1.165, 1.54) is 5.56 Å². The summed E-state index contributed by atoms with van der Waals surface area (Å²) in [5.41, 5.74) is 2.18. The van der Waals surface area contributed by atoms with Gasteiger partial charge in [0.25, 0.3) is 0 Å². The van der Waals surface area contributed by atoms with Gasteiger partial charge in [0.2, 0.25) is 5.82 Å². The third-order valence-electron chi connectivity index (χ3n) is 4.30. The van der Waals surface area contributed by atoms with E-state index in [1.807, 2.05) is 18.4 Å². The van der Waals surface area contributed by atoms with Crippen LogP contribution in [0.15, 0.2) is 35.7 Å². The maximum atomic E-state index is 5.55. The minimum Gasteiger partial charge on any atom is -0.381 e. The summed E-state index contributed by atoms with van der Waals surface area (Å²) in [4.78, 5) is 9.33. The molecule has 1 atom stereocenters. The Labute approximate surface area is 145 Å². The Bertz CT molecular complexity index is 806. The van der Waals surface area contributed by atoms with Crippen LogP contribution >= 0.6 is 11.3 Å². The Kier molecular flexibility index (Phi) is 4.40. The van der Waals surface area contributed by atoms with Gasteiger partial charge in [-0.1, -0.05) is 30.3 Å². The third kappa shape index (κ3) is 3.25. The van der Waals surface area contributed by atoms with Crippen molar-refractivity contribution in [3.8, 4) is 11.5 Å². The first-order valence-electron chi connectivity index (χ1n) is 8.28. The zero-order valence-electron chi connectivity index (χ0n) is 13.7. The standard InChI is InChI=1S/C18H20N4OS/c1-13-19-16(12-24-13)17-20-18(15-8-10-23-11-15)22(21-17)9-7-14-5-3-2-4-6-14/h2-6,12,15H,7-11H2,1H3/t15-/m1/s1. The predicted molar refractivity (Wildman–Crippen MR) is 94.2 cm³/mol. The quantitative estimate of drug-likeness (QED) is 0.714. The largest absolute Gasteiger partial charge is 0.381 e. The molecule has 1 aliphatic heterocycles. The Morgan fingerprint density at radius 1 is 1.25 bits per heavy atom. The van der Waals surface area contributed by atoms with Crippen LogP contribution in [0.2, 0.25) is 0 Å². The Morgan fingerprint density at radius 2 is 2.12 bits per heavy atom. The number of nitrogens with zero attached hydrogens (tertiary/aromatic N) is 4. The minimum absolute atomic E-state index is 0.335. The van der Waals surface area contributed by atoms with E-state index in [1.54, 1.807) is 11.3 Å². The van der Waals surface area contributed by atoms with Gasteiger partial charge in [0, 0.05) is 24.4 Å². The summed E-state index contributed by atoms with van der Waals surface area (Å²) in [7, 11) is 0. The highest BCUT2D eigenvalue weighted by atomic mass is 32.1. The summed E-state index contributed by atoms with van der Waals surface area (Å²) in [5, 5.41) is 7.81. The van der Waals surface area contributed by atoms with E-state index in [0.29, 0.717) is 5.92 Å². The lowest BCUT2D eigenvalue weighted by Gasteiger charge is -2.09. The molecule has 0 amide bonds. The van der Waals surface area contributed by atoms with Crippen molar-refractivity contribution in [2.75, 3.05) is 13.2 Å². The molecule has 2 aromatic heterocycles. The highest BCUT2D eigenvalue weighted by molar-refractivity contribution is 7.09. The Hall–Kier alpha value is -2.05. The lowest BCUT2D eigenvalue weighted by atomic mass is 10.1. The van der Waals surface area contributed by atoms with Crippen molar-refractivity contribution < 1.29 is 4.74 Å². The number of hydrogen-bond acceptors (Lipinski definition) is 5. The molecule has 3 aromatic rings. The fourth-order valence-electron chi connectivity index (χ4n) is 3.01. The monoisotopic (exact) mass is 340 g/mol. The molecule has 1 aliphatic rings. The summed E-state index contributed by atoms with van der Waals surface area (Å²) >= 11 is 1.63. The molecule has 1 fully saturated rings. The molecule has 5 nitrogen and oxygen atoms in total. The second-order valence-corrected chi connectivity index (χ2v) is 7.13. The second kappa shape index (κ2) is 6.83. The van der Waals surface area contributed by atoms with Crippen LogP contribution in [-0.4, -0.2) is 33.0 Å². The maximum Gasteiger partial charge on any atom is 0.200 e. The number of aryl methyl sites for hydroxylation is 3. The number of rotatable bonds is 5. The van der Waals surface area contributed by atoms with Crippen molar-refractivity contribution in [1.29, 1.82) is 0 Å². The molecule has 0 N–H and O–H groups in total. The molecule has 0 aliphatic carbocycles. The highest BCUT2D eigenvalue weighted by Crippen LogP contribution is 2.27. The average Bonchev–Trinajstić information content (AvgIpc) is 3.34. The van der Waals surface area contributed by atoms with Gasteiger partial charge in [-0.3, -0.25) is 0 Å². The van der Waals surface area contributed by atoms with Gasteiger partial charge >= 0.3 is 0 Å². The summed E-state index contributed by atoms with van der Waals surface area (Å²) in [6, 6.07) is 10.5. The zero-order valence-corrected chi connectivity index (χ0v) is 14.5. The number of hydrogen-bond donors (Lipinski definition) is 0. The van der Waals surface area contributed by atoms with Gasteiger partial charge in [-0.25, -0.2) is 14.6 Å². The molecule has 0 saturated carbocycles. The van der Waals surface area contributed by atoms with Gasteiger partial charge in [0.15, 0.2) is 0 Å². The highest BCUT2D eigenvalue weighted by Gasteiger charge is 2.25. The smallest absolute Gasteiger partial charge is 0.200 e. The molecule has 6 heteroatoms. The van der Waals surface area contributed by atoms with Crippen molar-refractivity contribution in [2.24, 2.45) is 0 Å². The molecule has 1 aromatic carbocycles. The fourth-order valence-corrected chi connectivity index (χ4v) is 3.60. The molecule has 1 saturated heterocycles. The molecular weight excluding hydrogens is 320 g/mol. The van der Waals surface area contributed by atoms with Crippen molar-refractivity contribution >= 4 is 11.3 Å². The summed E-state index contributed by atoms with van der Waals surface area (Å²) in [6.45, 7) is 4.37. The number of benzene rings is 1. The van der Waals surface area contributed by atoms with Gasteiger partial charge in [-0.05, 0) is 25.3 Å². The summed E-state index contributed by atoms with van der Waals surface area (Å²) in [5.74, 6) is 2.10. The number of aromatic nitrogens is 4. The first-order valence-corrected chi connectivity index (χ1v) is 9.16. The van der Waals surface area contributed by atoms with Crippen LogP contribution in [0.3, 0.4) is 0 Å². The van der Waals surface area contributed by atoms with Crippen LogP contribution in [0, 0.1) is 6.92 Å². The average molecular weight is 340 g/mol. The molecule has 0 spiro atoms. The van der Waals surface area contributed by atoms with Gasteiger partial charge in [0.05, 0.1) is 11.6 Å². The molecule has 24 heavy (non-hydrogen) atoms. The number of ether oxygens (including phenoxy) is 1. The van der Waals surface area contributed by atoms with Crippen molar-refractivity contribution in [1.82, 2.24) is 19.7 Å². The van der Waals surface area contributed by atoms with Crippen LogP contribution in [0.5, 0.6) is 0 Å². The topological polar surface area (TPSA) is 52.8 Å². The van der Waals surface area contributed by atoms with E-state index >= 15 is 0 Å².